The lowest BCUT2D eigenvalue weighted by Crippen LogP contribution is -2.37. The minimum absolute atomic E-state index is 0.281. The number of aryl methyl sites for hydroxylation is 2. The molecule has 2 fully saturated rings. The molecule has 0 spiro atoms. The van der Waals surface area contributed by atoms with Crippen LogP contribution in [0, 0.1) is 19.8 Å². The molecule has 1 aliphatic heterocycles. The van der Waals surface area contributed by atoms with Gasteiger partial charge in [-0.3, -0.25) is 9.69 Å². The Morgan fingerprint density at radius 2 is 2.16 bits per heavy atom. The molecule has 0 aromatic carbocycles. The van der Waals surface area contributed by atoms with Gasteiger partial charge in [0.05, 0.1) is 5.69 Å². The molecule has 0 amide bonds. The van der Waals surface area contributed by atoms with Gasteiger partial charge < -0.3 is 4.52 Å². The van der Waals surface area contributed by atoms with E-state index in [4.69, 9.17) is 4.52 Å². The molecule has 0 radical (unpaired) electrons. The Labute approximate surface area is 114 Å². The highest BCUT2D eigenvalue weighted by atomic mass is 16.5. The zero-order valence-corrected chi connectivity index (χ0v) is 11.8. The van der Waals surface area contributed by atoms with Crippen LogP contribution in [0.5, 0.6) is 0 Å². The predicted molar refractivity (Wildman–Crippen MR) is 71.8 cm³/mol. The monoisotopic (exact) mass is 262 g/mol. The van der Waals surface area contributed by atoms with Gasteiger partial charge in [0, 0.05) is 30.5 Å². The van der Waals surface area contributed by atoms with E-state index in [1.165, 1.54) is 18.4 Å². The van der Waals surface area contributed by atoms with Crippen molar-refractivity contribution in [2.24, 2.45) is 5.92 Å². The summed E-state index contributed by atoms with van der Waals surface area (Å²) < 4.78 is 5.24. The Bertz CT molecular complexity index is 461. The van der Waals surface area contributed by atoms with Gasteiger partial charge in [-0.25, -0.2) is 0 Å². The Morgan fingerprint density at radius 3 is 2.79 bits per heavy atom. The van der Waals surface area contributed by atoms with Gasteiger partial charge in [0.25, 0.3) is 0 Å². The first-order chi connectivity index (χ1) is 9.16. The number of carbonyl (C=O) groups excluding carboxylic acids is 1. The third-order valence-corrected chi connectivity index (χ3v) is 4.77. The fourth-order valence-electron chi connectivity index (χ4n) is 3.68. The Balaban J connectivity index is 1.75. The number of ketones is 1. The number of carbonyl (C=O) groups is 1. The molecular formula is C15H22N2O2. The molecule has 0 bridgehead atoms. The summed E-state index contributed by atoms with van der Waals surface area (Å²) in [6.45, 7) is 5.95. The van der Waals surface area contributed by atoms with Crippen LogP contribution < -0.4 is 0 Å². The quantitative estimate of drug-likeness (QED) is 0.840. The van der Waals surface area contributed by atoms with E-state index in [0.717, 1.165) is 43.8 Å². The van der Waals surface area contributed by atoms with Crippen molar-refractivity contribution in [1.82, 2.24) is 10.1 Å². The van der Waals surface area contributed by atoms with Crippen LogP contribution in [0.1, 0.15) is 49.1 Å². The highest BCUT2D eigenvalue weighted by Crippen LogP contribution is 2.34. The molecule has 2 unspecified atom stereocenters. The molecule has 1 saturated heterocycles. The number of hydrogen-bond donors (Lipinski definition) is 0. The van der Waals surface area contributed by atoms with Crippen LogP contribution in [0.2, 0.25) is 0 Å². The average molecular weight is 262 g/mol. The summed E-state index contributed by atoms with van der Waals surface area (Å²) >= 11 is 0. The summed E-state index contributed by atoms with van der Waals surface area (Å²) in [6, 6.07) is 0.448. The van der Waals surface area contributed by atoms with Crippen molar-refractivity contribution < 1.29 is 9.32 Å². The maximum Gasteiger partial charge on any atom is 0.138 e. The van der Waals surface area contributed by atoms with Crippen molar-refractivity contribution in [2.45, 2.75) is 58.5 Å². The molecule has 0 N–H and O–H groups in total. The van der Waals surface area contributed by atoms with Crippen molar-refractivity contribution in [3.63, 3.8) is 0 Å². The molecule has 1 aromatic heterocycles. The number of hydrogen-bond acceptors (Lipinski definition) is 4. The van der Waals surface area contributed by atoms with E-state index in [-0.39, 0.29) is 5.92 Å². The Morgan fingerprint density at radius 1 is 1.32 bits per heavy atom. The molecule has 4 heteroatoms. The van der Waals surface area contributed by atoms with Gasteiger partial charge in [0.2, 0.25) is 0 Å². The molecule has 1 aromatic rings. The first-order valence-corrected chi connectivity index (χ1v) is 7.35. The van der Waals surface area contributed by atoms with E-state index in [2.05, 4.69) is 10.1 Å². The maximum atomic E-state index is 12.0. The van der Waals surface area contributed by atoms with Crippen LogP contribution in [0.4, 0.5) is 0 Å². The van der Waals surface area contributed by atoms with Gasteiger partial charge in [-0.05, 0) is 46.1 Å². The van der Waals surface area contributed by atoms with E-state index < -0.39 is 0 Å². The summed E-state index contributed by atoms with van der Waals surface area (Å²) in [5.41, 5.74) is 2.19. The number of rotatable bonds is 3. The second-order valence-electron chi connectivity index (χ2n) is 5.95. The number of nitrogens with zero attached hydrogens (tertiary/aromatic N) is 2. The van der Waals surface area contributed by atoms with Crippen molar-refractivity contribution in [1.29, 1.82) is 0 Å². The minimum Gasteiger partial charge on any atom is -0.361 e. The molecule has 3 rings (SSSR count). The molecule has 2 atom stereocenters. The lowest BCUT2D eigenvalue weighted by molar-refractivity contribution is -0.122. The van der Waals surface area contributed by atoms with Gasteiger partial charge in [-0.2, -0.15) is 0 Å². The number of aromatic nitrogens is 1. The van der Waals surface area contributed by atoms with Crippen molar-refractivity contribution in [2.75, 3.05) is 6.54 Å². The molecule has 1 aliphatic carbocycles. The largest absolute Gasteiger partial charge is 0.361 e. The predicted octanol–water partition coefficient (Wildman–Crippen LogP) is 2.63. The van der Waals surface area contributed by atoms with Crippen molar-refractivity contribution in [3.8, 4) is 0 Å². The first kappa shape index (κ1) is 12.9. The van der Waals surface area contributed by atoms with E-state index in [1.54, 1.807) is 0 Å². The zero-order valence-electron chi connectivity index (χ0n) is 11.8. The van der Waals surface area contributed by atoms with Crippen molar-refractivity contribution >= 4 is 5.78 Å². The third-order valence-electron chi connectivity index (χ3n) is 4.77. The van der Waals surface area contributed by atoms with Crippen LogP contribution in [0.25, 0.3) is 0 Å². The van der Waals surface area contributed by atoms with E-state index >= 15 is 0 Å². The van der Waals surface area contributed by atoms with Crippen LogP contribution in [-0.2, 0) is 11.3 Å². The van der Waals surface area contributed by atoms with Crippen LogP contribution >= 0.6 is 0 Å². The fraction of sp³-hybridized carbons (Fsp3) is 0.733. The average Bonchev–Trinajstić information content (AvgIpc) is 3.06. The molecule has 4 nitrogen and oxygen atoms in total. The summed E-state index contributed by atoms with van der Waals surface area (Å²) in [5, 5.41) is 4.03. The highest BCUT2D eigenvalue weighted by molar-refractivity contribution is 5.83. The van der Waals surface area contributed by atoms with Crippen LogP contribution in [0.3, 0.4) is 0 Å². The number of Topliss-reactive ketones (excluding diaryl/α,β-unsaturated/α-hetero) is 1. The van der Waals surface area contributed by atoms with E-state index in [0.29, 0.717) is 11.8 Å². The fourth-order valence-corrected chi connectivity index (χ4v) is 3.68. The van der Waals surface area contributed by atoms with Crippen LogP contribution in [-0.4, -0.2) is 28.4 Å². The second kappa shape index (κ2) is 5.08. The Kier molecular flexibility index (Phi) is 3.44. The van der Waals surface area contributed by atoms with Crippen molar-refractivity contribution in [3.05, 3.63) is 17.0 Å². The second-order valence-corrected chi connectivity index (χ2v) is 5.95. The van der Waals surface area contributed by atoms with E-state index in [9.17, 15) is 4.79 Å². The molecule has 2 aliphatic rings. The van der Waals surface area contributed by atoms with Gasteiger partial charge in [-0.1, -0.05) is 5.16 Å². The highest BCUT2D eigenvalue weighted by Gasteiger charge is 2.38. The molecule has 2 heterocycles. The smallest absolute Gasteiger partial charge is 0.138 e. The molecule has 19 heavy (non-hydrogen) atoms. The summed E-state index contributed by atoms with van der Waals surface area (Å²) in [5.74, 6) is 1.68. The zero-order chi connectivity index (χ0) is 13.4. The number of likely N-dealkylation sites (tertiary alicyclic amines) is 1. The van der Waals surface area contributed by atoms with Gasteiger partial charge >= 0.3 is 0 Å². The normalized spacial score (nSPS) is 28.4. The molecular weight excluding hydrogens is 240 g/mol. The van der Waals surface area contributed by atoms with E-state index in [1.807, 2.05) is 13.8 Å². The lowest BCUT2D eigenvalue weighted by Gasteiger charge is -2.28. The lowest BCUT2D eigenvalue weighted by atomic mass is 9.95. The maximum absolute atomic E-state index is 12.0. The standard InChI is InChI=1S/C15H22N2O2/c1-10-13(11(2)19-16-10)9-17-8-4-6-14(17)12-5-3-7-15(12)18/h12,14H,3-9H2,1-2H3. The molecule has 104 valence electrons. The Hall–Kier alpha value is -1.16. The SMILES string of the molecule is Cc1noc(C)c1CN1CCCC1C1CCCC1=O. The third kappa shape index (κ3) is 2.34. The van der Waals surface area contributed by atoms with Gasteiger partial charge in [0.1, 0.15) is 11.5 Å². The van der Waals surface area contributed by atoms with Gasteiger partial charge in [0.15, 0.2) is 0 Å². The summed E-state index contributed by atoms with van der Waals surface area (Å²) in [4.78, 5) is 14.5. The summed E-state index contributed by atoms with van der Waals surface area (Å²) in [6.07, 6.45) is 5.33. The summed E-state index contributed by atoms with van der Waals surface area (Å²) in [7, 11) is 0. The topological polar surface area (TPSA) is 46.3 Å². The molecule has 1 saturated carbocycles. The van der Waals surface area contributed by atoms with Crippen LogP contribution in [0.15, 0.2) is 4.52 Å². The first-order valence-electron chi connectivity index (χ1n) is 7.35. The minimum atomic E-state index is 0.281. The van der Waals surface area contributed by atoms with Gasteiger partial charge in [-0.15, -0.1) is 0 Å².